The van der Waals surface area contributed by atoms with Crippen LogP contribution in [0.1, 0.15) is 27.3 Å². The molecule has 3 heterocycles. The van der Waals surface area contributed by atoms with Gasteiger partial charge in [-0.15, -0.1) is 0 Å². The lowest BCUT2D eigenvalue weighted by molar-refractivity contribution is -0.130. The number of aromatic nitrogens is 2. The van der Waals surface area contributed by atoms with Crippen LogP contribution in [0.5, 0.6) is 5.75 Å². The zero-order valence-corrected chi connectivity index (χ0v) is 19.5. The van der Waals surface area contributed by atoms with E-state index in [0.29, 0.717) is 35.9 Å². The number of nitrogens with zero attached hydrogens (tertiary/aromatic N) is 3. The minimum atomic E-state index is -0.601. The number of pyridine rings is 2. The molecule has 3 aromatic rings. The highest BCUT2D eigenvalue weighted by Gasteiger charge is 2.27. The average Bonchev–Trinajstić information content (AvgIpc) is 3.08. The molecule has 1 amide bonds. The second kappa shape index (κ2) is 10.5. The molecule has 0 bridgehead atoms. The van der Waals surface area contributed by atoms with Crippen LogP contribution in [0, 0.1) is 0 Å². The van der Waals surface area contributed by atoms with E-state index < -0.39 is 5.97 Å². The highest BCUT2D eigenvalue weighted by Crippen LogP contribution is 2.25. The van der Waals surface area contributed by atoms with Gasteiger partial charge in [-0.25, -0.2) is 4.79 Å². The number of carbonyl (C=O) groups is 2. The maximum absolute atomic E-state index is 13.0. The van der Waals surface area contributed by atoms with E-state index in [9.17, 15) is 14.4 Å². The van der Waals surface area contributed by atoms with E-state index in [1.54, 1.807) is 29.3 Å². The quantitative estimate of drug-likeness (QED) is 0.503. The number of halogens is 1. The van der Waals surface area contributed by atoms with Gasteiger partial charge in [0.15, 0.2) is 0 Å². The predicted molar refractivity (Wildman–Crippen MR) is 126 cm³/mol. The molecule has 0 unspecified atom stereocenters. The van der Waals surface area contributed by atoms with Gasteiger partial charge in [0.25, 0.3) is 5.56 Å². The van der Waals surface area contributed by atoms with Crippen molar-refractivity contribution in [2.45, 2.75) is 26.0 Å². The van der Waals surface area contributed by atoms with Gasteiger partial charge in [0.05, 0.1) is 19.2 Å². The SMILES string of the molecule is COC(=O)c1c(OCc2ccccn2)cc(=O)n2c1CCN(C(=O)Cc1ccccc1Cl)CC2. The Morgan fingerprint density at radius 1 is 1.09 bits per heavy atom. The second-order valence-electron chi connectivity index (χ2n) is 7.82. The Bertz CT molecular complexity index is 1260. The van der Waals surface area contributed by atoms with Gasteiger partial charge in [-0.05, 0) is 23.8 Å². The topological polar surface area (TPSA) is 90.7 Å². The molecule has 0 aliphatic carbocycles. The molecule has 0 N–H and O–H groups in total. The zero-order chi connectivity index (χ0) is 24.1. The molecular weight excluding hydrogens is 458 g/mol. The molecule has 0 saturated carbocycles. The van der Waals surface area contributed by atoms with Crippen LogP contribution in [0.4, 0.5) is 0 Å². The molecule has 0 saturated heterocycles. The molecule has 34 heavy (non-hydrogen) atoms. The summed E-state index contributed by atoms with van der Waals surface area (Å²) in [7, 11) is 1.28. The lowest BCUT2D eigenvalue weighted by Gasteiger charge is -2.20. The van der Waals surface area contributed by atoms with Crippen molar-refractivity contribution < 1.29 is 19.1 Å². The van der Waals surface area contributed by atoms with Crippen molar-refractivity contribution in [2.75, 3.05) is 20.2 Å². The number of carbonyl (C=O) groups excluding carboxylic acids is 2. The summed E-state index contributed by atoms with van der Waals surface area (Å²) in [6.07, 6.45) is 2.10. The third kappa shape index (κ3) is 5.12. The summed E-state index contributed by atoms with van der Waals surface area (Å²) in [5.74, 6) is -0.555. The highest BCUT2D eigenvalue weighted by molar-refractivity contribution is 6.31. The van der Waals surface area contributed by atoms with Gasteiger partial charge < -0.3 is 18.9 Å². The van der Waals surface area contributed by atoms with Crippen LogP contribution in [0.3, 0.4) is 0 Å². The molecule has 1 aliphatic rings. The summed E-state index contributed by atoms with van der Waals surface area (Å²) in [4.78, 5) is 44.5. The van der Waals surface area contributed by atoms with Crippen molar-refractivity contribution in [3.63, 3.8) is 0 Å². The molecule has 9 heteroatoms. The smallest absolute Gasteiger partial charge is 0.343 e. The summed E-state index contributed by atoms with van der Waals surface area (Å²) in [5.41, 5.74) is 1.78. The summed E-state index contributed by atoms with van der Waals surface area (Å²) < 4.78 is 12.3. The predicted octanol–water partition coefficient (Wildman–Crippen LogP) is 2.89. The van der Waals surface area contributed by atoms with Crippen LogP contribution in [0.2, 0.25) is 5.02 Å². The number of esters is 1. The molecule has 1 aliphatic heterocycles. The minimum Gasteiger partial charge on any atom is -0.486 e. The first-order valence-electron chi connectivity index (χ1n) is 10.9. The molecule has 2 aromatic heterocycles. The fraction of sp³-hybridized carbons (Fsp3) is 0.280. The normalized spacial score (nSPS) is 13.1. The molecule has 8 nitrogen and oxygen atoms in total. The molecule has 176 valence electrons. The second-order valence-corrected chi connectivity index (χ2v) is 8.23. The van der Waals surface area contributed by atoms with Gasteiger partial charge in [-0.2, -0.15) is 0 Å². The van der Waals surface area contributed by atoms with E-state index in [0.717, 1.165) is 5.56 Å². The number of fused-ring (bicyclic) bond motifs is 1. The van der Waals surface area contributed by atoms with Crippen molar-refractivity contribution in [1.29, 1.82) is 0 Å². The van der Waals surface area contributed by atoms with Gasteiger partial charge in [0.1, 0.15) is 17.9 Å². The van der Waals surface area contributed by atoms with E-state index in [-0.39, 0.29) is 42.4 Å². The Hall–Kier alpha value is -3.65. The van der Waals surface area contributed by atoms with Gasteiger partial charge in [-0.1, -0.05) is 35.9 Å². The van der Waals surface area contributed by atoms with E-state index in [1.807, 2.05) is 24.3 Å². The molecule has 1 aromatic carbocycles. The van der Waals surface area contributed by atoms with E-state index in [2.05, 4.69) is 4.98 Å². The first-order valence-corrected chi connectivity index (χ1v) is 11.2. The van der Waals surface area contributed by atoms with Crippen molar-refractivity contribution in [3.8, 4) is 5.75 Å². The molecular formula is C25H24ClN3O5. The van der Waals surface area contributed by atoms with Crippen molar-refractivity contribution in [3.05, 3.63) is 92.6 Å². The summed E-state index contributed by atoms with van der Waals surface area (Å²) in [6.45, 7) is 1.03. The van der Waals surface area contributed by atoms with Crippen LogP contribution < -0.4 is 10.3 Å². The van der Waals surface area contributed by atoms with Gasteiger partial charge in [0, 0.05) is 49.0 Å². The van der Waals surface area contributed by atoms with Crippen molar-refractivity contribution in [2.24, 2.45) is 0 Å². The number of hydrogen-bond acceptors (Lipinski definition) is 6. The Balaban J connectivity index is 1.59. The minimum absolute atomic E-state index is 0.0934. The third-order valence-electron chi connectivity index (χ3n) is 5.74. The third-order valence-corrected chi connectivity index (χ3v) is 6.11. The first kappa shape index (κ1) is 23.5. The number of hydrogen-bond donors (Lipinski definition) is 0. The van der Waals surface area contributed by atoms with Gasteiger partial charge >= 0.3 is 5.97 Å². The maximum atomic E-state index is 13.0. The van der Waals surface area contributed by atoms with Crippen LogP contribution in [0.15, 0.2) is 59.5 Å². The Morgan fingerprint density at radius 2 is 1.88 bits per heavy atom. The monoisotopic (exact) mass is 481 g/mol. The number of benzene rings is 1. The largest absolute Gasteiger partial charge is 0.486 e. The van der Waals surface area contributed by atoms with Crippen LogP contribution in [0.25, 0.3) is 0 Å². The zero-order valence-electron chi connectivity index (χ0n) is 18.7. The standard InChI is InChI=1S/C25H24ClN3O5/c1-33-25(32)24-20-9-11-28(22(30)14-17-6-2-3-8-19(17)26)12-13-29(20)23(31)15-21(24)34-16-18-7-4-5-10-27-18/h2-8,10,15H,9,11-14,16H2,1H3. The van der Waals surface area contributed by atoms with Gasteiger partial charge in [0.2, 0.25) is 5.91 Å². The van der Waals surface area contributed by atoms with Crippen LogP contribution in [-0.4, -0.2) is 46.5 Å². The molecule has 0 atom stereocenters. The summed E-state index contributed by atoms with van der Waals surface area (Å²) >= 11 is 6.21. The summed E-state index contributed by atoms with van der Waals surface area (Å²) in [5, 5.41) is 0.535. The van der Waals surface area contributed by atoms with Crippen LogP contribution >= 0.6 is 11.6 Å². The van der Waals surface area contributed by atoms with E-state index >= 15 is 0 Å². The summed E-state index contributed by atoms with van der Waals surface area (Å²) in [6, 6.07) is 13.9. The Labute approximate surface area is 201 Å². The highest BCUT2D eigenvalue weighted by atomic mass is 35.5. The molecule has 0 spiro atoms. The number of rotatable bonds is 6. The van der Waals surface area contributed by atoms with Crippen LogP contribution in [-0.2, 0) is 35.5 Å². The average molecular weight is 482 g/mol. The van der Waals surface area contributed by atoms with Crippen molar-refractivity contribution >= 4 is 23.5 Å². The maximum Gasteiger partial charge on any atom is 0.343 e. The van der Waals surface area contributed by atoms with E-state index in [4.69, 9.17) is 21.1 Å². The lowest BCUT2D eigenvalue weighted by Crippen LogP contribution is -2.35. The van der Waals surface area contributed by atoms with Crippen molar-refractivity contribution in [1.82, 2.24) is 14.5 Å². The fourth-order valence-corrected chi connectivity index (χ4v) is 4.19. The fourth-order valence-electron chi connectivity index (χ4n) is 3.99. The lowest BCUT2D eigenvalue weighted by atomic mass is 10.1. The van der Waals surface area contributed by atoms with E-state index in [1.165, 1.54) is 17.7 Å². The molecule has 4 rings (SSSR count). The van der Waals surface area contributed by atoms with Gasteiger partial charge in [-0.3, -0.25) is 14.6 Å². The Morgan fingerprint density at radius 3 is 2.62 bits per heavy atom. The number of methoxy groups -OCH3 is 1. The first-order chi connectivity index (χ1) is 16.5. The number of ether oxygens (including phenoxy) is 2. The number of amides is 1. The molecule has 0 fully saturated rings. The Kier molecular flexibility index (Phi) is 7.27. The molecule has 0 radical (unpaired) electrons.